The monoisotopic (exact) mass is 483 g/mol. The Morgan fingerprint density at radius 3 is 2.70 bits per heavy atom. The van der Waals surface area contributed by atoms with Gasteiger partial charge in [-0.2, -0.15) is 4.39 Å². The number of aliphatic hydroxyl groups is 1. The lowest BCUT2D eigenvalue weighted by Gasteiger charge is -2.24. The minimum atomic E-state index is -3.86. The third-order valence-corrected chi connectivity index (χ3v) is 5.76. The highest BCUT2D eigenvalue weighted by molar-refractivity contribution is 7.88. The molecule has 1 aromatic carbocycles. The lowest BCUT2D eigenvalue weighted by atomic mass is 9.89. The molecule has 0 radical (unpaired) electrons. The van der Waals surface area contributed by atoms with E-state index in [1.165, 1.54) is 38.3 Å². The van der Waals surface area contributed by atoms with Gasteiger partial charge in [0.15, 0.2) is 23.0 Å². The molecule has 0 spiro atoms. The Morgan fingerprint density at radius 1 is 1.36 bits per heavy atom. The fraction of sp³-hybridized carbons (Fsp3) is 0.429. The zero-order valence-corrected chi connectivity index (χ0v) is 19.2. The zero-order chi connectivity index (χ0) is 24.6. The van der Waals surface area contributed by atoms with E-state index >= 15 is 0 Å². The number of aromatic nitrogens is 1. The minimum absolute atomic E-state index is 0.0348. The number of primary sulfonamides is 1. The van der Waals surface area contributed by atoms with E-state index in [2.05, 4.69) is 4.98 Å². The van der Waals surface area contributed by atoms with Gasteiger partial charge >= 0.3 is 0 Å². The van der Waals surface area contributed by atoms with Crippen molar-refractivity contribution < 1.29 is 36.9 Å². The van der Waals surface area contributed by atoms with Crippen LogP contribution in [0, 0.1) is 5.95 Å². The quantitative estimate of drug-likeness (QED) is 0.352. The number of hydrogen-bond acceptors (Lipinski definition) is 9. The highest BCUT2D eigenvalue weighted by Gasteiger charge is 2.38. The number of benzene rings is 1. The summed E-state index contributed by atoms with van der Waals surface area (Å²) in [5.74, 6) is -1.76. The number of nitrogens with two attached hydrogens (primary N) is 2. The molecule has 0 saturated heterocycles. The molecule has 2 atom stereocenters. The molecule has 1 aromatic heterocycles. The van der Waals surface area contributed by atoms with Crippen LogP contribution in [0.2, 0.25) is 0 Å². The molecule has 0 fully saturated rings. The highest BCUT2D eigenvalue weighted by atomic mass is 32.2. The number of hydrogen-bond donors (Lipinski definition) is 3. The van der Waals surface area contributed by atoms with Gasteiger partial charge in [-0.1, -0.05) is 0 Å². The highest BCUT2D eigenvalue weighted by Crippen LogP contribution is 2.39. The minimum Gasteiger partial charge on any atom is -0.493 e. The largest absolute Gasteiger partial charge is 0.493 e. The van der Waals surface area contributed by atoms with Crippen LogP contribution in [0.4, 0.5) is 4.39 Å². The van der Waals surface area contributed by atoms with E-state index in [-0.39, 0.29) is 53.7 Å². The predicted molar refractivity (Wildman–Crippen MR) is 116 cm³/mol. The molecule has 2 aromatic rings. The number of nitrogens with zero attached hydrogens (tertiary/aromatic N) is 1. The molecule has 10 nitrogen and oxygen atoms in total. The molecule has 0 saturated carbocycles. The van der Waals surface area contributed by atoms with Crippen LogP contribution in [-0.4, -0.2) is 43.9 Å². The molecule has 3 rings (SSSR count). The van der Waals surface area contributed by atoms with E-state index in [0.29, 0.717) is 5.56 Å². The summed E-state index contributed by atoms with van der Waals surface area (Å²) >= 11 is 0. The van der Waals surface area contributed by atoms with Crippen molar-refractivity contribution in [1.29, 1.82) is 0 Å². The summed E-state index contributed by atoms with van der Waals surface area (Å²) in [6.45, 7) is 3.21. The summed E-state index contributed by atoms with van der Waals surface area (Å²) in [4.78, 5) is 16.5. The maximum Gasteiger partial charge on any atom is 0.255 e. The van der Waals surface area contributed by atoms with Crippen LogP contribution >= 0.6 is 0 Å². The van der Waals surface area contributed by atoms with Gasteiger partial charge in [0.25, 0.3) is 5.95 Å². The smallest absolute Gasteiger partial charge is 0.255 e. The van der Waals surface area contributed by atoms with Gasteiger partial charge in [-0.3, -0.25) is 4.79 Å². The van der Waals surface area contributed by atoms with E-state index in [4.69, 9.17) is 25.1 Å². The summed E-state index contributed by atoms with van der Waals surface area (Å²) < 4.78 is 52.1. The third-order valence-electron chi connectivity index (χ3n) is 5.32. The molecule has 1 aliphatic rings. The first-order valence-electron chi connectivity index (χ1n) is 9.93. The average Bonchev–Trinajstić information content (AvgIpc) is 3.05. The summed E-state index contributed by atoms with van der Waals surface area (Å²) in [5.41, 5.74) is 4.28. The Morgan fingerprint density at radius 2 is 2.06 bits per heavy atom. The predicted octanol–water partition coefficient (Wildman–Crippen LogP) is 1.29. The van der Waals surface area contributed by atoms with Crippen LogP contribution < -0.4 is 25.1 Å². The number of methoxy groups -OCH3 is 1. The maximum absolute atomic E-state index is 14.4. The van der Waals surface area contributed by atoms with Crippen LogP contribution in [0.25, 0.3) is 0 Å². The lowest BCUT2D eigenvalue weighted by molar-refractivity contribution is 0.0388. The molecular weight excluding hydrogens is 457 g/mol. The van der Waals surface area contributed by atoms with Crippen molar-refractivity contribution in [1.82, 2.24) is 4.98 Å². The lowest BCUT2D eigenvalue weighted by Crippen LogP contribution is -2.35. The van der Waals surface area contributed by atoms with Crippen molar-refractivity contribution in [3.8, 4) is 17.2 Å². The molecular formula is C21H26FN3O7S. The van der Waals surface area contributed by atoms with Crippen molar-refractivity contribution in [2.24, 2.45) is 10.9 Å². The van der Waals surface area contributed by atoms with Crippen LogP contribution in [0.1, 0.15) is 48.3 Å². The van der Waals surface area contributed by atoms with E-state index in [1.54, 1.807) is 6.92 Å². The number of Topliss-reactive ketones (excluding diaryl/α,β-unsaturated/α-hetero) is 1. The topological polar surface area (TPSA) is 164 Å². The molecule has 1 aliphatic heterocycles. The van der Waals surface area contributed by atoms with E-state index in [0.717, 1.165) is 0 Å². The first-order chi connectivity index (χ1) is 15.2. The average molecular weight is 484 g/mol. The van der Waals surface area contributed by atoms with Crippen LogP contribution in [-0.2, 0) is 21.2 Å². The van der Waals surface area contributed by atoms with Crippen molar-refractivity contribution in [3.05, 3.63) is 47.0 Å². The Kier molecular flexibility index (Phi) is 6.67. The number of pyridine rings is 1. The van der Waals surface area contributed by atoms with E-state index in [1.807, 2.05) is 0 Å². The Hall–Kier alpha value is -2.80. The number of carbonyl (C=O) groups excluding carboxylic acids is 1. The first-order valence-corrected chi connectivity index (χ1v) is 11.6. The fourth-order valence-corrected chi connectivity index (χ4v) is 3.67. The Labute approximate surface area is 190 Å². The third kappa shape index (κ3) is 5.58. The Bertz CT molecular complexity index is 1180. The number of sulfonamides is 1. The SMILES string of the molecule is COc1cc(C(=O)CCC(C)(O)c2cc3c(c(F)n2)OCC3(C)N)ccc1OCS(N)(=O)=O. The molecule has 33 heavy (non-hydrogen) atoms. The molecule has 2 heterocycles. The van der Waals surface area contributed by atoms with Gasteiger partial charge < -0.3 is 25.1 Å². The molecule has 0 amide bonds. The number of ketones is 1. The molecule has 180 valence electrons. The van der Waals surface area contributed by atoms with Gasteiger partial charge in [0.2, 0.25) is 16.0 Å². The molecule has 2 unspecified atom stereocenters. The van der Waals surface area contributed by atoms with Crippen LogP contribution in [0.3, 0.4) is 0 Å². The maximum atomic E-state index is 14.4. The number of ether oxygens (including phenoxy) is 3. The summed E-state index contributed by atoms with van der Waals surface area (Å²) in [6, 6.07) is 5.70. The van der Waals surface area contributed by atoms with Gasteiger partial charge in [-0.25, -0.2) is 18.5 Å². The second-order valence-electron chi connectivity index (χ2n) is 8.37. The molecule has 0 aliphatic carbocycles. The molecule has 5 N–H and O–H groups in total. The normalized spacial score (nSPS) is 19.4. The number of carbonyl (C=O) groups is 1. The number of halogens is 1. The van der Waals surface area contributed by atoms with Gasteiger partial charge in [-0.05, 0) is 44.5 Å². The van der Waals surface area contributed by atoms with Crippen molar-refractivity contribution in [2.45, 2.75) is 37.8 Å². The Balaban J connectivity index is 1.74. The second kappa shape index (κ2) is 8.86. The van der Waals surface area contributed by atoms with Crippen molar-refractivity contribution >= 4 is 15.8 Å². The molecule has 0 bridgehead atoms. The van der Waals surface area contributed by atoms with Gasteiger partial charge in [0, 0.05) is 17.5 Å². The molecule has 12 heteroatoms. The fourth-order valence-electron chi connectivity index (χ4n) is 3.37. The summed E-state index contributed by atoms with van der Waals surface area (Å²) in [6.07, 6.45) is -0.143. The van der Waals surface area contributed by atoms with E-state index < -0.39 is 33.0 Å². The second-order valence-corrected chi connectivity index (χ2v) is 9.93. The summed E-state index contributed by atoms with van der Waals surface area (Å²) in [7, 11) is -2.53. The summed E-state index contributed by atoms with van der Waals surface area (Å²) in [5, 5.41) is 15.8. The van der Waals surface area contributed by atoms with E-state index in [9.17, 15) is 22.7 Å². The van der Waals surface area contributed by atoms with Crippen LogP contribution in [0.5, 0.6) is 17.2 Å². The standard InChI is InChI=1S/C21H26FN3O7S/c1-20(23)10-31-18-13(20)9-17(25-19(18)22)21(2,27)7-6-14(26)12-4-5-15(16(8-12)30-3)32-11-33(24,28)29/h4-5,8-9,27H,6-7,10-11,23H2,1-3H3,(H2,24,28,29). The van der Waals surface area contributed by atoms with Gasteiger partial charge in [0.05, 0.1) is 18.3 Å². The van der Waals surface area contributed by atoms with Gasteiger partial charge in [-0.15, -0.1) is 0 Å². The van der Waals surface area contributed by atoms with Crippen LogP contribution in [0.15, 0.2) is 24.3 Å². The zero-order valence-electron chi connectivity index (χ0n) is 18.4. The van der Waals surface area contributed by atoms with Crippen molar-refractivity contribution in [2.75, 3.05) is 19.7 Å². The number of rotatable bonds is 9. The van der Waals surface area contributed by atoms with Crippen molar-refractivity contribution in [3.63, 3.8) is 0 Å². The van der Waals surface area contributed by atoms with Gasteiger partial charge in [0.1, 0.15) is 12.2 Å². The first kappa shape index (κ1) is 24.8. The number of fused-ring (bicyclic) bond motifs is 1.